The molecule has 2 aromatic carbocycles. The first-order chi connectivity index (χ1) is 14.7. The van der Waals surface area contributed by atoms with Gasteiger partial charge in [-0.3, -0.25) is 0 Å². The van der Waals surface area contributed by atoms with E-state index in [9.17, 15) is 4.79 Å². The lowest BCUT2D eigenvalue weighted by atomic mass is 9.92. The Labute approximate surface area is 174 Å². The van der Waals surface area contributed by atoms with Crippen LogP contribution in [0.2, 0.25) is 0 Å². The van der Waals surface area contributed by atoms with Gasteiger partial charge in [-0.2, -0.15) is 10.1 Å². The summed E-state index contributed by atoms with van der Waals surface area (Å²) in [6.45, 7) is 2.02. The van der Waals surface area contributed by atoms with Crippen LogP contribution in [0.4, 0.5) is 5.95 Å². The van der Waals surface area contributed by atoms with E-state index in [1.807, 2.05) is 42.5 Å². The number of esters is 1. The number of carbonyl (C=O) groups excluding carboxylic acids is 1. The standard InChI is InChI=1S/C22H22N4O4/c1-4-30-21(27)17-18(14-9-6-5-7-10-14)25-22-23-13-24-26(22)19(17)15-11-8-12-16(28-2)20(15)29-3/h5-13,19H,4H2,1-3H3,(H,23,24,25)/t19-/m1/s1. The van der Waals surface area contributed by atoms with E-state index in [-0.39, 0.29) is 6.61 Å². The monoisotopic (exact) mass is 406 g/mol. The highest BCUT2D eigenvalue weighted by Gasteiger charge is 2.38. The van der Waals surface area contributed by atoms with Gasteiger partial charge in [0.15, 0.2) is 11.5 Å². The maximum Gasteiger partial charge on any atom is 0.338 e. The number of nitrogens with one attached hydrogen (secondary N) is 1. The first kappa shape index (κ1) is 19.5. The third kappa shape index (κ3) is 3.26. The Balaban J connectivity index is 2.01. The Morgan fingerprint density at radius 2 is 1.90 bits per heavy atom. The molecule has 0 saturated heterocycles. The molecule has 4 rings (SSSR count). The van der Waals surface area contributed by atoms with Gasteiger partial charge in [-0.1, -0.05) is 42.5 Å². The van der Waals surface area contributed by atoms with E-state index in [1.165, 1.54) is 6.33 Å². The molecule has 0 amide bonds. The zero-order valence-corrected chi connectivity index (χ0v) is 17.0. The summed E-state index contributed by atoms with van der Waals surface area (Å²) in [6, 6.07) is 14.5. The number of ether oxygens (including phenoxy) is 3. The number of benzene rings is 2. The molecule has 1 N–H and O–H groups in total. The van der Waals surface area contributed by atoms with Crippen molar-refractivity contribution in [3.8, 4) is 11.5 Å². The Hall–Kier alpha value is -3.81. The van der Waals surface area contributed by atoms with Crippen LogP contribution in [-0.4, -0.2) is 41.6 Å². The Morgan fingerprint density at radius 1 is 1.10 bits per heavy atom. The molecule has 0 radical (unpaired) electrons. The summed E-state index contributed by atoms with van der Waals surface area (Å²) in [7, 11) is 3.14. The molecule has 3 aromatic rings. The van der Waals surface area contributed by atoms with Crippen LogP contribution in [0, 0.1) is 0 Å². The summed E-state index contributed by atoms with van der Waals surface area (Å²) in [5, 5.41) is 7.62. The predicted molar refractivity (Wildman–Crippen MR) is 111 cm³/mol. The molecule has 0 fully saturated rings. The summed E-state index contributed by atoms with van der Waals surface area (Å²) in [5.41, 5.74) is 2.57. The van der Waals surface area contributed by atoms with Crippen molar-refractivity contribution in [3.05, 3.63) is 71.6 Å². The van der Waals surface area contributed by atoms with Crippen molar-refractivity contribution >= 4 is 17.6 Å². The lowest BCUT2D eigenvalue weighted by molar-refractivity contribution is -0.138. The molecule has 1 aliphatic rings. The molecule has 0 spiro atoms. The fraction of sp³-hybridized carbons (Fsp3) is 0.227. The molecule has 2 heterocycles. The number of aromatic nitrogens is 3. The van der Waals surface area contributed by atoms with Gasteiger partial charge >= 0.3 is 5.97 Å². The first-order valence-corrected chi connectivity index (χ1v) is 9.53. The van der Waals surface area contributed by atoms with Gasteiger partial charge in [0.2, 0.25) is 5.95 Å². The molecular formula is C22H22N4O4. The van der Waals surface area contributed by atoms with Crippen LogP contribution in [0.25, 0.3) is 5.70 Å². The lowest BCUT2D eigenvalue weighted by Gasteiger charge is -2.30. The van der Waals surface area contributed by atoms with Gasteiger partial charge < -0.3 is 19.5 Å². The normalized spacial score (nSPS) is 15.2. The zero-order chi connectivity index (χ0) is 21.1. The van der Waals surface area contributed by atoms with Crippen LogP contribution in [0.15, 0.2) is 60.4 Å². The third-order valence-electron chi connectivity index (χ3n) is 4.88. The van der Waals surface area contributed by atoms with Crippen molar-refractivity contribution < 1.29 is 19.0 Å². The quantitative estimate of drug-likeness (QED) is 0.629. The largest absolute Gasteiger partial charge is 0.493 e. The molecule has 1 atom stereocenters. The van der Waals surface area contributed by atoms with Gasteiger partial charge in [0.1, 0.15) is 12.4 Å². The summed E-state index contributed by atoms with van der Waals surface area (Å²) in [6.07, 6.45) is 1.44. The molecule has 8 nitrogen and oxygen atoms in total. The molecule has 0 unspecified atom stereocenters. The van der Waals surface area contributed by atoms with Crippen LogP contribution in [-0.2, 0) is 9.53 Å². The van der Waals surface area contributed by atoms with Gasteiger partial charge in [0.25, 0.3) is 0 Å². The predicted octanol–water partition coefficient (Wildman–Crippen LogP) is 3.28. The highest BCUT2D eigenvalue weighted by atomic mass is 16.5. The molecule has 1 aliphatic heterocycles. The highest BCUT2D eigenvalue weighted by molar-refractivity contribution is 6.02. The van der Waals surface area contributed by atoms with E-state index >= 15 is 0 Å². The number of rotatable bonds is 6. The van der Waals surface area contributed by atoms with Gasteiger partial charge in [0.05, 0.1) is 32.1 Å². The minimum absolute atomic E-state index is 0.247. The van der Waals surface area contributed by atoms with Crippen LogP contribution >= 0.6 is 0 Å². The summed E-state index contributed by atoms with van der Waals surface area (Å²) in [5.74, 6) is 1.14. The minimum atomic E-state index is -0.622. The molecule has 0 bridgehead atoms. The van der Waals surface area contributed by atoms with Crippen LogP contribution in [0.5, 0.6) is 11.5 Å². The second-order valence-electron chi connectivity index (χ2n) is 6.51. The highest BCUT2D eigenvalue weighted by Crippen LogP contribution is 2.44. The average Bonchev–Trinajstić information content (AvgIpc) is 3.26. The second kappa shape index (κ2) is 8.28. The number of para-hydroxylation sites is 1. The van der Waals surface area contributed by atoms with E-state index in [4.69, 9.17) is 14.2 Å². The summed E-state index contributed by atoms with van der Waals surface area (Å²) < 4.78 is 18.2. The van der Waals surface area contributed by atoms with E-state index in [0.717, 1.165) is 5.56 Å². The Bertz CT molecular complexity index is 1090. The maximum absolute atomic E-state index is 13.2. The number of methoxy groups -OCH3 is 2. The first-order valence-electron chi connectivity index (χ1n) is 9.53. The molecule has 0 saturated carbocycles. The Kier molecular flexibility index (Phi) is 5.38. The van der Waals surface area contributed by atoms with E-state index in [0.29, 0.717) is 34.3 Å². The van der Waals surface area contributed by atoms with Gasteiger partial charge in [-0.25, -0.2) is 9.48 Å². The number of hydrogen-bond donors (Lipinski definition) is 1. The van der Waals surface area contributed by atoms with Crippen molar-refractivity contribution in [1.82, 2.24) is 14.8 Å². The van der Waals surface area contributed by atoms with Gasteiger partial charge in [0, 0.05) is 5.56 Å². The van der Waals surface area contributed by atoms with Crippen LogP contribution < -0.4 is 14.8 Å². The average molecular weight is 406 g/mol. The number of anilines is 1. The number of nitrogens with zero attached hydrogens (tertiary/aromatic N) is 3. The molecule has 0 aliphatic carbocycles. The fourth-order valence-corrected chi connectivity index (χ4v) is 3.64. The molecule has 154 valence electrons. The number of fused-ring (bicyclic) bond motifs is 1. The van der Waals surface area contributed by atoms with Crippen molar-refractivity contribution in [2.75, 3.05) is 26.1 Å². The smallest absolute Gasteiger partial charge is 0.338 e. The topological polar surface area (TPSA) is 87.5 Å². The lowest BCUT2D eigenvalue weighted by Crippen LogP contribution is -2.30. The van der Waals surface area contributed by atoms with Gasteiger partial charge in [-0.05, 0) is 18.6 Å². The van der Waals surface area contributed by atoms with E-state index < -0.39 is 12.0 Å². The van der Waals surface area contributed by atoms with Crippen LogP contribution in [0.3, 0.4) is 0 Å². The number of hydrogen-bond acceptors (Lipinski definition) is 7. The van der Waals surface area contributed by atoms with E-state index in [1.54, 1.807) is 31.9 Å². The summed E-state index contributed by atoms with van der Waals surface area (Å²) >= 11 is 0. The molecule has 1 aromatic heterocycles. The van der Waals surface area contributed by atoms with Crippen LogP contribution in [0.1, 0.15) is 24.1 Å². The minimum Gasteiger partial charge on any atom is -0.493 e. The molecule has 8 heteroatoms. The van der Waals surface area contributed by atoms with Crippen molar-refractivity contribution in [2.24, 2.45) is 0 Å². The second-order valence-corrected chi connectivity index (χ2v) is 6.51. The number of carbonyl (C=O) groups is 1. The SMILES string of the molecule is CCOC(=O)C1=C(c2ccccc2)Nc2ncnn2[C@@H]1c1cccc(OC)c1OC. The maximum atomic E-state index is 13.2. The molecule has 30 heavy (non-hydrogen) atoms. The van der Waals surface area contributed by atoms with Crippen molar-refractivity contribution in [3.63, 3.8) is 0 Å². The summed E-state index contributed by atoms with van der Waals surface area (Å²) in [4.78, 5) is 17.5. The zero-order valence-electron chi connectivity index (χ0n) is 17.0. The van der Waals surface area contributed by atoms with E-state index in [2.05, 4.69) is 15.4 Å². The van der Waals surface area contributed by atoms with Crippen molar-refractivity contribution in [1.29, 1.82) is 0 Å². The fourth-order valence-electron chi connectivity index (χ4n) is 3.64. The van der Waals surface area contributed by atoms with Crippen molar-refractivity contribution in [2.45, 2.75) is 13.0 Å². The Morgan fingerprint density at radius 3 is 2.60 bits per heavy atom. The molecular weight excluding hydrogens is 384 g/mol. The van der Waals surface area contributed by atoms with Gasteiger partial charge in [-0.15, -0.1) is 0 Å². The third-order valence-corrected chi connectivity index (χ3v) is 4.88.